The fraction of sp³-hybridized carbons (Fsp3) is 0.308. The minimum Gasteiger partial charge on any atom is -0.311 e. The van der Waals surface area contributed by atoms with Crippen molar-refractivity contribution in [2.45, 2.75) is 25.9 Å². The van der Waals surface area contributed by atoms with Crippen molar-refractivity contribution < 1.29 is 9.18 Å². The molecule has 6 heteroatoms. The lowest BCUT2D eigenvalue weighted by molar-refractivity contribution is 0.0988. The van der Waals surface area contributed by atoms with Crippen molar-refractivity contribution in [3.8, 4) is 11.3 Å². The number of nitrogens with zero attached hydrogens (tertiary/aromatic N) is 3. The van der Waals surface area contributed by atoms with Crippen LogP contribution >= 0.6 is 0 Å². The molecule has 0 aliphatic carbocycles. The van der Waals surface area contributed by atoms with Crippen LogP contribution < -0.4 is 10.2 Å². The van der Waals surface area contributed by atoms with Gasteiger partial charge in [-0.2, -0.15) is 0 Å². The minimum absolute atomic E-state index is 0.186. The smallest absolute Gasteiger partial charge is 0.276 e. The van der Waals surface area contributed by atoms with E-state index < -0.39 is 0 Å². The summed E-state index contributed by atoms with van der Waals surface area (Å²) < 4.78 is 13.2. The fourth-order valence-corrected chi connectivity index (χ4v) is 4.02. The molecule has 2 aromatic carbocycles. The Morgan fingerprint density at radius 2 is 1.88 bits per heavy atom. The molecule has 32 heavy (non-hydrogen) atoms. The van der Waals surface area contributed by atoms with Crippen LogP contribution in [0.4, 0.5) is 10.1 Å². The molecule has 0 bridgehead atoms. The topological polar surface area (TPSA) is 48.5 Å². The first-order valence-electron chi connectivity index (χ1n) is 11.1. The van der Waals surface area contributed by atoms with Crippen LogP contribution in [0, 0.1) is 5.82 Å². The number of benzene rings is 2. The van der Waals surface area contributed by atoms with Crippen molar-refractivity contribution in [3.05, 3.63) is 83.8 Å². The van der Waals surface area contributed by atoms with E-state index in [1.165, 1.54) is 17.7 Å². The lowest BCUT2D eigenvalue weighted by Gasteiger charge is -2.33. The Labute approximate surface area is 188 Å². The van der Waals surface area contributed by atoms with E-state index in [4.69, 9.17) is 0 Å². The summed E-state index contributed by atoms with van der Waals surface area (Å²) in [4.78, 5) is 21.6. The van der Waals surface area contributed by atoms with Crippen molar-refractivity contribution >= 4 is 11.6 Å². The molecule has 1 atom stereocenters. The molecule has 4 rings (SSSR count). The Bertz CT molecular complexity index is 1050. The molecule has 1 fully saturated rings. The fourth-order valence-electron chi connectivity index (χ4n) is 4.02. The minimum atomic E-state index is -0.300. The highest BCUT2D eigenvalue weighted by Crippen LogP contribution is 2.21. The third-order valence-corrected chi connectivity index (χ3v) is 5.98. The average Bonchev–Trinajstić information content (AvgIpc) is 2.84. The van der Waals surface area contributed by atoms with E-state index in [1.807, 2.05) is 18.2 Å². The Morgan fingerprint density at radius 1 is 1.12 bits per heavy atom. The molecule has 0 unspecified atom stereocenters. The predicted molar refractivity (Wildman–Crippen MR) is 126 cm³/mol. The van der Waals surface area contributed by atoms with Crippen LogP contribution in [0.1, 0.15) is 29.4 Å². The van der Waals surface area contributed by atoms with Crippen molar-refractivity contribution in [2.24, 2.45) is 0 Å². The second-order valence-corrected chi connectivity index (χ2v) is 8.24. The number of piperazine rings is 1. The molecule has 5 nitrogen and oxygen atoms in total. The molecule has 166 valence electrons. The van der Waals surface area contributed by atoms with Gasteiger partial charge >= 0.3 is 0 Å². The second-order valence-electron chi connectivity index (χ2n) is 8.24. The van der Waals surface area contributed by atoms with Crippen molar-refractivity contribution in [1.82, 2.24) is 15.2 Å². The number of halogens is 1. The van der Waals surface area contributed by atoms with Crippen LogP contribution in [0.5, 0.6) is 0 Å². The predicted octanol–water partition coefficient (Wildman–Crippen LogP) is 4.35. The molecule has 1 aliphatic heterocycles. The van der Waals surface area contributed by atoms with Crippen LogP contribution in [0.15, 0.2) is 66.7 Å². The van der Waals surface area contributed by atoms with Crippen molar-refractivity contribution in [2.75, 3.05) is 31.6 Å². The first-order chi connectivity index (χ1) is 15.5. The lowest BCUT2D eigenvalue weighted by Crippen LogP contribution is -2.49. The SMILES string of the molecule is CC[C@H]1CN(Cc2ccc(N(C)C(=O)c3cccc(-c4ccc(F)cc4)n3)cc2)CCN1. The van der Waals surface area contributed by atoms with E-state index in [0.29, 0.717) is 17.4 Å². The Kier molecular flexibility index (Phi) is 6.93. The van der Waals surface area contributed by atoms with E-state index in [1.54, 1.807) is 36.2 Å². The summed E-state index contributed by atoms with van der Waals surface area (Å²) in [5, 5.41) is 3.54. The molecular formula is C26H29FN4O. The number of anilines is 1. The Hall–Kier alpha value is -3.09. The number of hydrogen-bond acceptors (Lipinski definition) is 4. The maximum atomic E-state index is 13.2. The number of amides is 1. The summed E-state index contributed by atoms with van der Waals surface area (Å²) >= 11 is 0. The third kappa shape index (κ3) is 5.21. The number of hydrogen-bond donors (Lipinski definition) is 1. The summed E-state index contributed by atoms with van der Waals surface area (Å²) in [5.74, 6) is -0.485. The average molecular weight is 433 g/mol. The molecule has 1 N–H and O–H groups in total. The Morgan fingerprint density at radius 3 is 2.59 bits per heavy atom. The zero-order chi connectivity index (χ0) is 22.5. The number of rotatable bonds is 6. The zero-order valence-electron chi connectivity index (χ0n) is 18.6. The molecule has 3 aromatic rings. The summed E-state index contributed by atoms with van der Waals surface area (Å²) in [7, 11) is 1.76. The largest absolute Gasteiger partial charge is 0.311 e. The molecule has 1 amide bonds. The van der Waals surface area contributed by atoms with Crippen molar-refractivity contribution in [3.63, 3.8) is 0 Å². The molecular weight excluding hydrogens is 403 g/mol. The van der Waals surface area contributed by atoms with Gasteiger partial charge in [-0.3, -0.25) is 9.69 Å². The maximum absolute atomic E-state index is 13.2. The van der Waals surface area contributed by atoms with E-state index in [0.717, 1.165) is 43.9 Å². The van der Waals surface area contributed by atoms with Gasteiger partial charge < -0.3 is 10.2 Å². The summed E-state index contributed by atoms with van der Waals surface area (Å²) in [5.41, 5.74) is 3.82. The quantitative estimate of drug-likeness (QED) is 0.629. The molecule has 1 aliphatic rings. The van der Waals surface area contributed by atoms with E-state index in [2.05, 4.69) is 34.3 Å². The molecule has 1 aromatic heterocycles. The van der Waals surface area contributed by atoms with E-state index in [-0.39, 0.29) is 11.7 Å². The summed E-state index contributed by atoms with van der Waals surface area (Å²) in [6.45, 7) is 6.27. The zero-order valence-corrected chi connectivity index (χ0v) is 18.6. The van der Waals surface area contributed by atoms with Gasteiger partial charge in [-0.1, -0.05) is 25.1 Å². The summed E-state index contributed by atoms with van der Waals surface area (Å²) in [6, 6.07) is 20.1. The highest BCUT2D eigenvalue weighted by Gasteiger charge is 2.19. The first kappa shape index (κ1) is 22.1. The van der Waals surface area contributed by atoms with Crippen molar-refractivity contribution in [1.29, 1.82) is 0 Å². The van der Waals surface area contributed by atoms with Gasteiger partial charge in [0.1, 0.15) is 11.5 Å². The van der Waals surface area contributed by atoms with Gasteiger partial charge in [0.2, 0.25) is 0 Å². The van der Waals surface area contributed by atoms with E-state index in [9.17, 15) is 9.18 Å². The van der Waals surface area contributed by atoms with Crippen LogP contribution in [-0.4, -0.2) is 48.5 Å². The van der Waals surface area contributed by atoms with Gasteiger partial charge in [-0.15, -0.1) is 0 Å². The molecule has 0 radical (unpaired) electrons. The molecule has 0 spiro atoms. The second kappa shape index (κ2) is 10.0. The van der Waals surface area contributed by atoms with Crippen LogP contribution in [-0.2, 0) is 6.54 Å². The lowest BCUT2D eigenvalue weighted by atomic mass is 10.1. The first-order valence-corrected chi connectivity index (χ1v) is 11.1. The number of carbonyl (C=O) groups is 1. The molecule has 2 heterocycles. The third-order valence-electron chi connectivity index (χ3n) is 5.98. The normalized spacial score (nSPS) is 16.7. The highest BCUT2D eigenvalue weighted by molar-refractivity contribution is 6.04. The standard InChI is InChI=1S/C26H29FN4O/c1-3-22-18-31(16-15-28-22)17-19-7-13-23(14-8-19)30(2)26(32)25-6-4-5-24(29-25)20-9-11-21(27)12-10-20/h4-14,22,28H,3,15-18H2,1-2H3/t22-/m0/s1. The van der Waals surface area contributed by atoms with Gasteiger partial charge in [0, 0.05) is 50.5 Å². The molecule has 0 saturated carbocycles. The Balaban J connectivity index is 1.44. The van der Waals surface area contributed by atoms with Gasteiger partial charge in [0.05, 0.1) is 5.69 Å². The van der Waals surface area contributed by atoms with E-state index >= 15 is 0 Å². The monoisotopic (exact) mass is 432 g/mol. The van der Waals surface area contributed by atoms with Crippen LogP contribution in [0.25, 0.3) is 11.3 Å². The molecule has 1 saturated heterocycles. The number of pyridine rings is 1. The summed E-state index contributed by atoms with van der Waals surface area (Å²) in [6.07, 6.45) is 1.14. The van der Waals surface area contributed by atoms with Crippen LogP contribution in [0.2, 0.25) is 0 Å². The van der Waals surface area contributed by atoms with Gasteiger partial charge in [-0.25, -0.2) is 9.37 Å². The number of aromatic nitrogens is 1. The van der Waals surface area contributed by atoms with Gasteiger partial charge in [0.15, 0.2) is 0 Å². The number of carbonyl (C=O) groups excluding carboxylic acids is 1. The van der Waals surface area contributed by atoms with Crippen LogP contribution in [0.3, 0.4) is 0 Å². The van der Waals surface area contributed by atoms with Gasteiger partial charge in [-0.05, 0) is 60.5 Å². The van der Waals surface area contributed by atoms with Gasteiger partial charge in [0.25, 0.3) is 5.91 Å². The number of nitrogens with one attached hydrogen (secondary N) is 1. The maximum Gasteiger partial charge on any atom is 0.276 e. The highest BCUT2D eigenvalue weighted by atomic mass is 19.1.